The molecule has 0 saturated carbocycles. The molecular weight excluding hydrogens is 288 g/mol. The first kappa shape index (κ1) is 14.7. The molecule has 0 aliphatic carbocycles. The Bertz CT molecular complexity index is 714. The monoisotopic (exact) mass is 306 g/mol. The number of hydrogen-bond donors (Lipinski definition) is 2. The van der Waals surface area contributed by atoms with Gasteiger partial charge in [0.1, 0.15) is 0 Å². The smallest absolute Gasteiger partial charge is 0.0725 e. The number of hydrogen-bond acceptors (Lipinski definition) is 3. The topological polar surface area (TPSA) is 24.9 Å². The molecule has 2 aromatic carbocycles. The fourth-order valence-electron chi connectivity index (χ4n) is 2.44. The highest BCUT2D eigenvalue weighted by atomic mass is 32.1. The maximum atomic E-state index is 4.53. The van der Waals surface area contributed by atoms with Gasteiger partial charge in [-0.1, -0.05) is 48.5 Å². The maximum Gasteiger partial charge on any atom is 0.0725 e. The summed E-state index contributed by atoms with van der Waals surface area (Å²) < 4.78 is 0. The molecule has 0 spiro atoms. The molecule has 0 aliphatic heterocycles. The summed E-state index contributed by atoms with van der Waals surface area (Å²) in [6.07, 6.45) is 2.71. The van der Waals surface area contributed by atoms with E-state index in [0.29, 0.717) is 0 Å². The van der Waals surface area contributed by atoms with Gasteiger partial charge in [-0.3, -0.25) is 4.98 Å². The van der Waals surface area contributed by atoms with Crippen LogP contribution < -0.4 is 5.32 Å². The van der Waals surface area contributed by atoms with Crippen LogP contribution in [-0.4, -0.2) is 4.98 Å². The normalized spacial score (nSPS) is 11.9. The third-order valence-electron chi connectivity index (χ3n) is 3.56. The van der Waals surface area contributed by atoms with Gasteiger partial charge in [0.25, 0.3) is 0 Å². The van der Waals surface area contributed by atoms with Crippen LogP contribution in [-0.2, 0) is 6.42 Å². The molecule has 1 atom stereocenters. The Balaban J connectivity index is 1.88. The number of benzene rings is 2. The highest BCUT2D eigenvalue weighted by molar-refractivity contribution is 7.80. The molecule has 3 heteroatoms. The van der Waals surface area contributed by atoms with Crippen LogP contribution in [0.3, 0.4) is 0 Å². The Labute approximate surface area is 136 Å². The Morgan fingerprint density at radius 2 is 1.59 bits per heavy atom. The molecule has 3 aromatic rings. The van der Waals surface area contributed by atoms with Crippen LogP contribution in [0.4, 0.5) is 5.69 Å². The highest BCUT2D eigenvalue weighted by Gasteiger charge is 2.14. The van der Waals surface area contributed by atoms with E-state index in [4.69, 9.17) is 0 Å². The Morgan fingerprint density at radius 3 is 2.32 bits per heavy atom. The van der Waals surface area contributed by atoms with Crippen LogP contribution in [0, 0.1) is 0 Å². The van der Waals surface area contributed by atoms with Gasteiger partial charge >= 0.3 is 0 Å². The predicted octanol–water partition coefficient (Wildman–Crippen LogP) is 4.77. The van der Waals surface area contributed by atoms with E-state index in [0.717, 1.165) is 22.7 Å². The molecule has 110 valence electrons. The molecule has 2 nitrogen and oxygen atoms in total. The average Bonchev–Trinajstić information content (AvgIpc) is 2.58. The number of nitrogens with one attached hydrogen (secondary N) is 1. The first-order valence-electron chi connectivity index (χ1n) is 7.32. The highest BCUT2D eigenvalue weighted by Crippen LogP contribution is 2.26. The minimum Gasteiger partial charge on any atom is -0.375 e. The molecule has 1 heterocycles. The Kier molecular flexibility index (Phi) is 4.76. The SMILES string of the molecule is Sc1ccccc1N[C@H](Cc1ccccc1)c1ccccn1. The molecular formula is C19H18N2S. The molecule has 3 rings (SSSR count). The van der Waals surface area contributed by atoms with Crippen molar-refractivity contribution >= 4 is 18.3 Å². The van der Waals surface area contributed by atoms with E-state index in [1.54, 1.807) is 0 Å². The number of thiol groups is 1. The van der Waals surface area contributed by atoms with Crippen LogP contribution in [0.15, 0.2) is 83.9 Å². The molecule has 22 heavy (non-hydrogen) atoms. The van der Waals surface area contributed by atoms with Crippen molar-refractivity contribution < 1.29 is 0 Å². The number of anilines is 1. The van der Waals surface area contributed by atoms with Crippen molar-refractivity contribution in [2.75, 3.05) is 5.32 Å². The predicted molar refractivity (Wildman–Crippen MR) is 94.4 cm³/mol. The van der Waals surface area contributed by atoms with Crippen molar-refractivity contribution in [1.29, 1.82) is 0 Å². The zero-order valence-corrected chi connectivity index (χ0v) is 13.1. The second-order valence-electron chi connectivity index (χ2n) is 5.16. The Hall–Kier alpha value is -2.26. The molecule has 0 aliphatic rings. The average molecular weight is 306 g/mol. The van der Waals surface area contributed by atoms with Crippen molar-refractivity contribution in [3.8, 4) is 0 Å². The summed E-state index contributed by atoms with van der Waals surface area (Å²) in [4.78, 5) is 5.45. The van der Waals surface area contributed by atoms with E-state index in [2.05, 4.69) is 53.3 Å². The number of rotatable bonds is 5. The minimum atomic E-state index is 0.108. The standard InChI is InChI=1S/C19H18N2S/c22-19-12-5-4-11-17(19)21-18(16-10-6-7-13-20-16)14-15-8-2-1-3-9-15/h1-13,18,21-22H,14H2/t18-/m1/s1. The van der Waals surface area contributed by atoms with E-state index in [1.807, 2.05) is 48.7 Å². The molecule has 0 bridgehead atoms. The van der Waals surface area contributed by atoms with E-state index < -0.39 is 0 Å². The zero-order valence-electron chi connectivity index (χ0n) is 12.2. The zero-order chi connectivity index (χ0) is 15.2. The van der Waals surface area contributed by atoms with Crippen molar-refractivity contribution in [3.05, 3.63) is 90.3 Å². The first-order chi connectivity index (χ1) is 10.8. The van der Waals surface area contributed by atoms with Gasteiger partial charge in [0.05, 0.1) is 11.7 Å². The number of nitrogens with zero attached hydrogens (tertiary/aromatic N) is 1. The summed E-state index contributed by atoms with van der Waals surface area (Å²) in [6, 6.07) is 24.6. The van der Waals surface area contributed by atoms with Gasteiger partial charge in [0, 0.05) is 16.8 Å². The summed E-state index contributed by atoms with van der Waals surface area (Å²) in [5.41, 5.74) is 3.34. The van der Waals surface area contributed by atoms with Crippen molar-refractivity contribution in [3.63, 3.8) is 0 Å². The molecule has 0 unspecified atom stereocenters. The molecule has 0 radical (unpaired) electrons. The van der Waals surface area contributed by atoms with Gasteiger partial charge in [-0.2, -0.15) is 0 Å². The lowest BCUT2D eigenvalue weighted by molar-refractivity contribution is 0.744. The van der Waals surface area contributed by atoms with Crippen LogP contribution >= 0.6 is 12.6 Å². The summed E-state index contributed by atoms with van der Waals surface area (Å²) in [5.74, 6) is 0. The fourth-order valence-corrected chi connectivity index (χ4v) is 2.67. The second kappa shape index (κ2) is 7.14. The summed E-state index contributed by atoms with van der Waals surface area (Å²) in [6.45, 7) is 0. The minimum absolute atomic E-state index is 0.108. The van der Waals surface area contributed by atoms with E-state index >= 15 is 0 Å². The second-order valence-corrected chi connectivity index (χ2v) is 5.64. The van der Waals surface area contributed by atoms with Gasteiger partial charge in [-0.15, -0.1) is 12.6 Å². The number of aromatic nitrogens is 1. The van der Waals surface area contributed by atoms with Crippen molar-refractivity contribution in [2.24, 2.45) is 0 Å². The van der Waals surface area contributed by atoms with Gasteiger partial charge in [0.2, 0.25) is 0 Å². The molecule has 0 fully saturated rings. The third-order valence-corrected chi connectivity index (χ3v) is 3.95. The maximum absolute atomic E-state index is 4.53. The quantitative estimate of drug-likeness (QED) is 0.664. The van der Waals surface area contributed by atoms with E-state index in [1.165, 1.54) is 5.56 Å². The van der Waals surface area contributed by atoms with Crippen LogP contribution in [0.5, 0.6) is 0 Å². The van der Waals surface area contributed by atoms with Gasteiger partial charge in [-0.25, -0.2) is 0 Å². The lowest BCUT2D eigenvalue weighted by Gasteiger charge is -2.20. The number of para-hydroxylation sites is 1. The Morgan fingerprint density at radius 1 is 0.864 bits per heavy atom. The van der Waals surface area contributed by atoms with Gasteiger partial charge < -0.3 is 5.32 Å². The first-order valence-corrected chi connectivity index (χ1v) is 7.77. The van der Waals surface area contributed by atoms with Crippen molar-refractivity contribution in [2.45, 2.75) is 17.4 Å². The van der Waals surface area contributed by atoms with E-state index in [9.17, 15) is 0 Å². The molecule has 1 N–H and O–H groups in total. The van der Waals surface area contributed by atoms with Gasteiger partial charge in [-0.05, 0) is 36.2 Å². The van der Waals surface area contributed by atoms with Crippen LogP contribution in [0.25, 0.3) is 0 Å². The molecule has 1 aromatic heterocycles. The lowest BCUT2D eigenvalue weighted by atomic mass is 10.0. The summed E-state index contributed by atoms with van der Waals surface area (Å²) in [7, 11) is 0. The largest absolute Gasteiger partial charge is 0.375 e. The van der Waals surface area contributed by atoms with Crippen LogP contribution in [0.1, 0.15) is 17.3 Å². The summed E-state index contributed by atoms with van der Waals surface area (Å²) >= 11 is 4.53. The number of pyridine rings is 1. The molecule has 0 amide bonds. The third kappa shape index (κ3) is 3.68. The van der Waals surface area contributed by atoms with Crippen molar-refractivity contribution in [1.82, 2.24) is 4.98 Å². The fraction of sp³-hybridized carbons (Fsp3) is 0.105. The van der Waals surface area contributed by atoms with Crippen LogP contribution in [0.2, 0.25) is 0 Å². The summed E-state index contributed by atoms with van der Waals surface area (Å²) in [5, 5.41) is 3.57. The van der Waals surface area contributed by atoms with Gasteiger partial charge in [0.15, 0.2) is 0 Å². The van der Waals surface area contributed by atoms with E-state index in [-0.39, 0.29) is 6.04 Å². The molecule has 0 saturated heterocycles. The lowest BCUT2D eigenvalue weighted by Crippen LogP contribution is -2.15.